The summed E-state index contributed by atoms with van der Waals surface area (Å²) < 4.78 is 5.41. The van der Waals surface area contributed by atoms with Gasteiger partial charge in [-0.05, 0) is 49.7 Å². The Morgan fingerprint density at radius 1 is 1.16 bits per heavy atom. The number of benzene rings is 2. The first-order chi connectivity index (χ1) is 15.1. The van der Waals surface area contributed by atoms with Crippen LogP contribution in [0.25, 0.3) is 0 Å². The number of carbonyl (C=O) groups is 1. The third-order valence-electron chi connectivity index (χ3n) is 5.03. The van der Waals surface area contributed by atoms with Crippen LogP contribution in [0.2, 0.25) is 5.02 Å². The van der Waals surface area contributed by atoms with Crippen LogP contribution in [0.1, 0.15) is 23.7 Å². The Hall–Kier alpha value is -2.77. The number of carboxylic acid groups (broad SMARTS) is 1. The van der Waals surface area contributed by atoms with Gasteiger partial charge in [0, 0.05) is 62.3 Å². The summed E-state index contributed by atoms with van der Waals surface area (Å²) in [4.78, 5) is 20.6. The predicted octanol–water partition coefficient (Wildman–Crippen LogP) is 4.05. The van der Waals surface area contributed by atoms with Crippen LogP contribution in [-0.2, 0) is 4.74 Å². The highest BCUT2D eigenvalue weighted by Crippen LogP contribution is 2.21. The Balaban J connectivity index is 1.68. The predicted molar refractivity (Wildman–Crippen MR) is 126 cm³/mol. The maximum Gasteiger partial charge on any atom is 0.335 e. The van der Waals surface area contributed by atoms with Crippen molar-refractivity contribution in [2.75, 3.05) is 56.2 Å². The van der Waals surface area contributed by atoms with Crippen LogP contribution in [0, 0.1) is 0 Å². The molecular weight excluding hydrogens is 416 g/mol. The van der Waals surface area contributed by atoms with E-state index in [4.69, 9.17) is 21.3 Å². The van der Waals surface area contributed by atoms with Crippen molar-refractivity contribution in [3.63, 3.8) is 0 Å². The summed E-state index contributed by atoms with van der Waals surface area (Å²) in [6, 6.07) is 14.7. The lowest BCUT2D eigenvalue weighted by atomic mass is 10.2. The third kappa shape index (κ3) is 6.87. The summed E-state index contributed by atoms with van der Waals surface area (Å²) in [5.41, 5.74) is 2.07. The van der Waals surface area contributed by atoms with Gasteiger partial charge in [0.1, 0.15) is 0 Å². The van der Waals surface area contributed by atoms with E-state index >= 15 is 0 Å². The van der Waals surface area contributed by atoms with Crippen LogP contribution >= 0.6 is 11.6 Å². The molecule has 0 saturated carbocycles. The van der Waals surface area contributed by atoms with E-state index in [0.717, 1.165) is 49.3 Å². The second kappa shape index (κ2) is 11.6. The molecule has 2 N–H and O–H groups in total. The minimum absolute atomic E-state index is 0.242. The van der Waals surface area contributed by atoms with E-state index in [0.29, 0.717) is 25.4 Å². The zero-order valence-electron chi connectivity index (χ0n) is 17.8. The lowest BCUT2D eigenvalue weighted by molar-refractivity contribution is 0.0697. The first-order valence-corrected chi connectivity index (χ1v) is 10.9. The van der Waals surface area contributed by atoms with Crippen molar-refractivity contribution < 1.29 is 14.6 Å². The molecule has 1 heterocycles. The molecule has 1 aliphatic rings. The van der Waals surface area contributed by atoms with Crippen molar-refractivity contribution in [2.24, 2.45) is 4.99 Å². The maximum absolute atomic E-state index is 11.3. The first kappa shape index (κ1) is 22.9. The number of hydrogen-bond donors (Lipinski definition) is 2. The van der Waals surface area contributed by atoms with Gasteiger partial charge in [-0.3, -0.25) is 4.99 Å². The summed E-state index contributed by atoms with van der Waals surface area (Å²) >= 11 is 6.14. The fraction of sp³-hybridized carbons (Fsp3) is 0.391. The van der Waals surface area contributed by atoms with Gasteiger partial charge >= 0.3 is 5.97 Å². The van der Waals surface area contributed by atoms with E-state index in [-0.39, 0.29) is 5.56 Å². The molecule has 0 atom stereocenters. The van der Waals surface area contributed by atoms with Gasteiger partial charge in [-0.25, -0.2) is 4.79 Å². The number of aromatic carboxylic acids is 1. The number of ether oxygens (including phenoxy) is 1. The Labute approximate surface area is 188 Å². The monoisotopic (exact) mass is 444 g/mol. The average molecular weight is 445 g/mol. The Morgan fingerprint density at radius 2 is 1.94 bits per heavy atom. The molecule has 2 aromatic rings. The van der Waals surface area contributed by atoms with E-state index in [2.05, 4.69) is 21.2 Å². The molecule has 8 heteroatoms. The minimum Gasteiger partial charge on any atom is -0.478 e. The second-order valence-electron chi connectivity index (χ2n) is 7.22. The van der Waals surface area contributed by atoms with Gasteiger partial charge in [0.2, 0.25) is 0 Å². The van der Waals surface area contributed by atoms with Gasteiger partial charge in [0.15, 0.2) is 5.96 Å². The van der Waals surface area contributed by atoms with E-state index in [1.54, 1.807) is 18.2 Å². The normalized spacial score (nSPS) is 14.6. The lowest BCUT2D eigenvalue weighted by Crippen LogP contribution is -2.50. The number of rotatable bonds is 8. The van der Waals surface area contributed by atoms with E-state index in [9.17, 15) is 9.90 Å². The number of anilines is 2. The van der Waals surface area contributed by atoms with E-state index < -0.39 is 5.97 Å². The van der Waals surface area contributed by atoms with Crippen molar-refractivity contribution in [1.29, 1.82) is 0 Å². The zero-order chi connectivity index (χ0) is 22.1. The summed E-state index contributed by atoms with van der Waals surface area (Å²) in [6.45, 7) is 7.25. The van der Waals surface area contributed by atoms with Crippen molar-refractivity contribution in [1.82, 2.24) is 4.90 Å². The number of nitrogens with one attached hydrogen (secondary N) is 1. The van der Waals surface area contributed by atoms with Gasteiger partial charge in [-0.1, -0.05) is 23.7 Å². The largest absolute Gasteiger partial charge is 0.478 e. The molecule has 166 valence electrons. The molecule has 7 nitrogen and oxygen atoms in total. The van der Waals surface area contributed by atoms with Gasteiger partial charge in [-0.15, -0.1) is 0 Å². The number of halogens is 1. The van der Waals surface area contributed by atoms with Gasteiger partial charge in [0.25, 0.3) is 0 Å². The third-order valence-corrected chi connectivity index (χ3v) is 5.27. The molecule has 0 unspecified atom stereocenters. The van der Waals surface area contributed by atoms with Crippen molar-refractivity contribution in [3.05, 3.63) is 59.1 Å². The molecule has 1 fully saturated rings. The van der Waals surface area contributed by atoms with Crippen LogP contribution in [0.5, 0.6) is 0 Å². The van der Waals surface area contributed by atoms with Crippen molar-refractivity contribution in [2.45, 2.75) is 13.3 Å². The first-order valence-electron chi connectivity index (χ1n) is 10.5. The number of nitrogens with zero attached hydrogens (tertiary/aromatic N) is 3. The highest BCUT2D eigenvalue weighted by molar-refractivity contribution is 6.30. The van der Waals surface area contributed by atoms with Crippen LogP contribution < -0.4 is 10.2 Å². The van der Waals surface area contributed by atoms with Crippen molar-refractivity contribution in [3.8, 4) is 0 Å². The van der Waals surface area contributed by atoms with Crippen LogP contribution in [0.3, 0.4) is 0 Å². The van der Waals surface area contributed by atoms with Crippen LogP contribution in [0.4, 0.5) is 11.4 Å². The summed E-state index contributed by atoms with van der Waals surface area (Å²) in [7, 11) is 0. The molecule has 0 aromatic heterocycles. The molecule has 0 aliphatic carbocycles. The Kier molecular flexibility index (Phi) is 8.55. The minimum atomic E-state index is -0.950. The lowest BCUT2D eigenvalue weighted by Gasteiger charge is -2.37. The smallest absolute Gasteiger partial charge is 0.335 e. The van der Waals surface area contributed by atoms with Gasteiger partial charge in [0.05, 0.1) is 5.56 Å². The van der Waals surface area contributed by atoms with Crippen molar-refractivity contribution >= 4 is 34.9 Å². The van der Waals surface area contributed by atoms with Gasteiger partial charge < -0.3 is 25.0 Å². The fourth-order valence-corrected chi connectivity index (χ4v) is 3.61. The molecule has 0 radical (unpaired) electrons. The number of piperazine rings is 1. The summed E-state index contributed by atoms with van der Waals surface area (Å²) in [5, 5.41) is 13.3. The number of guanidine groups is 1. The molecule has 1 aliphatic heterocycles. The van der Waals surface area contributed by atoms with Gasteiger partial charge in [-0.2, -0.15) is 0 Å². The molecular formula is C23H29ClN4O3. The molecule has 1 saturated heterocycles. The number of hydrogen-bond acceptors (Lipinski definition) is 4. The van der Waals surface area contributed by atoms with Crippen LogP contribution in [0.15, 0.2) is 53.5 Å². The fourth-order valence-electron chi connectivity index (χ4n) is 3.42. The van der Waals surface area contributed by atoms with E-state index in [1.165, 1.54) is 0 Å². The Bertz CT molecular complexity index is 898. The highest BCUT2D eigenvalue weighted by atomic mass is 35.5. The summed E-state index contributed by atoms with van der Waals surface area (Å²) in [5.74, 6) is -0.196. The second-order valence-corrected chi connectivity index (χ2v) is 7.66. The molecule has 0 amide bonds. The molecule has 2 aromatic carbocycles. The quantitative estimate of drug-likeness (QED) is 0.363. The van der Waals surface area contributed by atoms with E-state index in [1.807, 2.05) is 31.2 Å². The van der Waals surface area contributed by atoms with Crippen LogP contribution in [-0.4, -0.2) is 67.9 Å². The SMILES string of the molecule is CCOCCCN=C(Nc1cccc(C(=O)O)c1)N1CCN(c2cccc(Cl)c2)CC1. The molecule has 3 rings (SSSR count). The molecule has 0 bridgehead atoms. The molecule has 31 heavy (non-hydrogen) atoms. The topological polar surface area (TPSA) is 77.4 Å². The summed E-state index contributed by atoms with van der Waals surface area (Å²) in [6.07, 6.45) is 0.830. The zero-order valence-corrected chi connectivity index (χ0v) is 18.5. The number of carboxylic acids is 1. The standard InChI is InChI=1S/C23H29ClN4O3/c1-2-31-15-5-10-25-23(26-20-8-3-6-18(16-20)22(29)30)28-13-11-27(12-14-28)21-9-4-7-19(24)17-21/h3-4,6-9,16-17H,2,5,10-15H2,1H3,(H,25,26)(H,29,30). The Morgan fingerprint density at radius 3 is 2.65 bits per heavy atom. The average Bonchev–Trinajstić information content (AvgIpc) is 2.78. The maximum atomic E-state index is 11.3. The highest BCUT2D eigenvalue weighted by Gasteiger charge is 2.20. The molecule has 0 spiro atoms. The number of aliphatic imine (C=N–C) groups is 1.